The van der Waals surface area contributed by atoms with Gasteiger partial charge in [0.25, 0.3) is 0 Å². The predicted octanol–water partition coefficient (Wildman–Crippen LogP) is 3.97. The lowest BCUT2D eigenvalue weighted by molar-refractivity contribution is -0.137. The van der Waals surface area contributed by atoms with E-state index in [1.807, 2.05) is 13.8 Å². The highest BCUT2D eigenvalue weighted by Crippen LogP contribution is 2.39. The number of fused-ring (bicyclic) bond motifs is 3. The van der Waals surface area contributed by atoms with Crippen molar-refractivity contribution in [3.8, 4) is 5.69 Å². The molecule has 1 aromatic carbocycles. The zero-order valence-corrected chi connectivity index (χ0v) is 19.7. The summed E-state index contributed by atoms with van der Waals surface area (Å²) in [6, 6.07) is 2.85. The van der Waals surface area contributed by atoms with Crippen molar-refractivity contribution in [2.45, 2.75) is 65.0 Å². The second-order valence-corrected chi connectivity index (χ2v) is 9.86. The fourth-order valence-electron chi connectivity index (χ4n) is 4.41. The second kappa shape index (κ2) is 8.30. The first-order valence-electron chi connectivity index (χ1n) is 11.1. The van der Waals surface area contributed by atoms with E-state index in [9.17, 15) is 22.8 Å². The molecule has 2 aliphatic rings. The van der Waals surface area contributed by atoms with Gasteiger partial charge in [0.1, 0.15) is 11.9 Å². The van der Waals surface area contributed by atoms with Crippen LogP contribution in [0.4, 0.5) is 23.7 Å². The van der Waals surface area contributed by atoms with E-state index in [1.165, 1.54) is 17.3 Å². The molecule has 2 aromatic rings. The molecule has 0 radical (unpaired) electrons. The van der Waals surface area contributed by atoms with Gasteiger partial charge in [0.15, 0.2) is 5.69 Å². The molecule has 1 fully saturated rings. The molecule has 2 atom stereocenters. The Hall–Kier alpha value is -3.08. The molecule has 1 N–H and O–H groups in total. The maximum Gasteiger partial charge on any atom is 0.416 e. The van der Waals surface area contributed by atoms with Crippen LogP contribution in [0.25, 0.3) is 5.69 Å². The SMILES string of the molecule is C[C@H]1CN(C(=O)N2Cc3c(C(=O)OC(C)(C)C)ncn3-c3ccc(C(F)(F)F)cc32)C[C@H](C)N1. The number of ether oxygens (including phenoxy) is 1. The Balaban J connectivity index is 1.79. The van der Waals surface area contributed by atoms with Crippen LogP contribution in [0.15, 0.2) is 24.5 Å². The zero-order valence-electron chi connectivity index (χ0n) is 19.7. The van der Waals surface area contributed by atoms with E-state index in [4.69, 9.17) is 4.74 Å². The van der Waals surface area contributed by atoms with Crippen molar-refractivity contribution in [3.05, 3.63) is 41.5 Å². The normalized spacial score (nSPS) is 20.6. The Kier molecular flexibility index (Phi) is 5.87. The molecular weight excluding hydrogens is 451 g/mol. The third-order valence-electron chi connectivity index (χ3n) is 5.68. The van der Waals surface area contributed by atoms with Crippen molar-refractivity contribution >= 4 is 17.7 Å². The largest absolute Gasteiger partial charge is 0.455 e. The lowest BCUT2D eigenvalue weighted by atomic mass is 10.1. The molecule has 4 rings (SSSR count). The van der Waals surface area contributed by atoms with Crippen LogP contribution in [-0.4, -0.2) is 57.2 Å². The number of hydrogen-bond donors (Lipinski definition) is 1. The summed E-state index contributed by atoms with van der Waals surface area (Å²) in [6.45, 7) is 9.76. The maximum atomic E-state index is 13.6. The van der Waals surface area contributed by atoms with Crippen molar-refractivity contribution in [3.63, 3.8) is 0 Å². The molecular formula is C23H28F3N5O3. The lowest BCUT2D eigenvalue weighted by Crippen LogP contribution is -2.58. The van der Waals surface area contributed by atoms with Gasteiger partial charge in [0.05, 0.1) is 29.2 Å². The van der Waals surface area contributed by atoms with Crippen LogP contribution in [0.3, 0.4) is 0 Å². The number of nitrogens with zero attached hydrogens (tertiary/aromatic N) is 4. The Bertz CT molecular complexity index is 1110. The number of benzene rings is 1. The minimum absolute atomic E-state index is 0.0281. The molecule has 0 saturated carbocycles. The number of amides is 2. The minimum Gasteiger partial charge on any atom is -0.455 e. The van der Waals surface area contributed by atoms with Crippen LogP contribution in [-0.2, 0) is 17.5 Å². The maximum absolute atomic E-state index is 13.6. The average Bonchev–Trinajstić information content (AvgIpc) is 3.14. The number of halogens is 3. The third-order valence-corrected chi connectivity index (χ3v) is 5.68. The van der Waals surface area contributed by atoms with Crippen LogP contribution in [0.5, 0.6) is 0 Å². The summed E-state index contributed by atoms with van der Waals surface area (Å²) in [5.74, 6) is -0.659. The molecule has 2 aliphatic heterocycles. The highest BCUT2D eigenvalue weighted by molar-refractivity contribution is 5.97. The Morgan fingerprint density at radius 1 is 1.09 bits per heavy atom. The van der Waals surface area contributed by atoms with Crippen molar-refractivity contribution < 1.29 is 27.5 Å². The minimum atomic E-state index is -4.57. The Morgan fingerprint density at radius 3 is 2.32 bits per heavy atom. The number of piperazine rings is 1. The third kappa shape index (κ3) is 4.61. The highest BCUT2D eigenvalue weighted by Gasteiger charge is 2.38. The molecule has 3 heterocycles. The number of nitrogens with one attached hydrogen (secondary N) is 1. The van der Waals surface area contributed by atoms with Crippen LogP contribution in [0.2, 0.25) is 0 Å². The molecule has 184 valence electrons. The number of rotatable bonds is 1. The van der Waals surface area contributed by atoms with Gasteiger partial charge in [0, 0.05) is 25.2 Å². The van der Waals surface area contributed by atoms with Crippen molar-refractivity contribution in [1.29, 1.82) is 0 Å². The molecule has 11 heteroatoms. The monoisotopic (exact) mass is 479 g/mol. The van der Waals surface area contributed by atoms with Gasteiger partial charge in [-0.05, 0) is 52.8 Å². The number of aromatic nitrogens is 2. The standard InChI is InChI=1S/C23H28F3N5O3/c1-13-9-29(10-14(2)28-13)21(33)30-11-18-19(20(32)34-22(3,4)5)27-12-31(18)16-7-6-15(8-17(16)30)23(24,25)26/h6-8,12-14,28H,9-11H2,1-5H3/t13-,14-/m0/s1. The van der Waals surface area contributed by atoms with E-state index < -0.39 is 29.3 Å². The van der Waals surface area contributed by atoms with E-state index in [-0.39, 0.29) is 30.0 Å². The van der Waals surface area contributed by atoms with Crippen LogP contribution in [0.1, 0.15) is 56.4 Å². The number of alkyl halides is 3. The van der Waals surface area contributed by atoms with Crippen LogP contribution >= 0.6 is 0 Å². The summed E-state index contributed by atoms with van der Waals surface area (Å²) < 4.78 is 47.5. The molecule has 1 aromatic heterocycles. The number of imidazole rings is 1. The van der Waals surface area contributed by atoms with Gasteiger partial charge < -0.3 is 15.0 Å². The molecule has 0 spiro atoms. The van der Waals surface area contributed by atoms with E-state index >= 15 is 0 Å². The molecule has 2 amide bonds. The summed E-state index contributed by atoms with van der Waals surface area (Å²) in [4.78, 5) is 33.5. The number of anilines is 1. The van der Waals surface area contributed by atoms with E-state index in [1.54, 1.807) is 30.2 Å². The van der Waals surface area contributed by atoms with Gasteiger partial charge >= 0.3 is 18.2 Å². The Morgan fingerprint density at radius 2 is 1.74 bits per heavy atom. The summed E-state index contributed by atoms with van der Waals surface area (Å²) in [5.41, 5.74) is -0.765. The van der Waals surface area contributed by atoms with E-state index in [0.29, 0.717) is 24.5 Å². The molecule has 34 heavy (non-hydrogen) atoms. The van der Waals surface area contributed by atoms with E-state index in [2.05, 4.69) is 10.3 Å². The average molecular weight is 480 g/mol. The number of esters is 1. The Labute approximate surface area is 195 Å². The smallest absolute Gasteiger partial charge is 0.416 e. The summed E-state index contributed by atoms with van der Waals surface area (Å²) in [5, 5.41) is 3.34. The van der Waals surface area contributed by atoms with Crippen molar-refractivity contribution in [2.75, 3.05) is 18.0 Å². The molecule has 0 bridgehead atoms. The first-order valence-corrected chi connectivity index (χ1v) is 11.1. The van der Waals surface area contributed by atoms with Gasteiger partial charge in [-0.25, -0.2) is 14.6 Å². The van der Waals surface area contributed by atoms with Crippen LogP contribution in [0, 0.1) is 0 Å². The zero-order chi connectivity index (χ0) is 25.0. The van der Waals surface area contributed by atoms with Crippen molar-refractivity contribution in [1.82, 2.24) is 19.8 Å². The molecule has 0 unspecified atom stereocenters. The second-order valence-electron chi connectivity index (χ2n) is 9.86. The first-order chi connectivity index (χ1) is 15.7. The van der Waals surface area contributed by atoms with Crippen LogP contribution < -0.4 is 10.2 Å². The fourth-order valence-corrected chi connectivity index (χ4v) is 4.41. The van der Waals surface area contributed by atoms with E-state index in [0.717, 1.165) is 12.1 Å². The summed E-state index contributed by atoms with van der Waals surface area (Å²) in [7, 11) is 0. The molecule has 8 nitrogen and oxygen atoms in total. The fraction of sp³-hybridized carbons (Fsp3) is 0.522. The quantitative estimate of drug-likeness (QED) is 0.627. The van der Waals surface area contributed by atoms with Gasteiger partial charge in [-0.15, -0.1) is 0 Å². The summed E-state index contributed by atoms with van der Waals surface area (Å²) in [6.07, 6.45) is -3.20. The molecule has 0 aliphatic carbocycles. The lowest BCUT2D eigenvalue weighted by Gasteiger charge is -2.40. The number of urea groups is 1. The number of carbonyl (C=O) groups is 2. The number of hydrogen-bond acceptors (Lipinski definition) is 5. The first kappa shape index (κ1) is 24.1. The van der Waals surface area contributed by atoms with Gasteiger partial charge in [-0.2, -0.15) is 13.2 Å². The van der Waals surface area contributed by atoms with Gasteiger partial charge in [-0.1, -0.05) is 0 Å². The highest BCUT2D eigenvalue weighted by atomic mass is 19.4. The van der Waals surface area contributed by atoms with Crippen molar-refractivity contribution in [2.24, 2.45) is 0 Å². The molecule has 1 saturated heterocycles. The number of carbonyl (C=O) groups excluding carboxylic acids is 2. The van der Waals surface area contributed by atoms with Gasteiger partial charge in [0.2, 0.25) is 0 Å². The van der Waals surface area contributed by atoms with Gasteiger partial charge in [-0.3, -0.25) is 9.47 Å². The predicted molar refractivity (Wildman–Crippen MR) is 119 cm³/mol. The topological polar surface area (TPSA) is 79.7 Å². The summed E-state index contributed by atoms with van der Waals surface area (Å²) >= 11 is 0.